The molecule has 5 heteroatoms. The summed E-state index contributed by atoms with van der Waals surface area (Å²) in [7, 11) is 0. The quantitative estimate of drug-likeness (QED) is 0.574. The number of carbonyl (C=O) groups is 2. The molecular formula is C10H7F3O2. The predicted octanol–water partition coefficient (Wildman–Crippen LogP) is 2.39. The Morgan fingerprint density at radius 2 is 1.60 bits per heavy atom. The summed E-state index contributed by atoms with van der Waals surface area (Å²) >= 11 is 0. The van der Waals surface area contributed by atoms with Crippen LogP contribution in [0.15, 0.2) is 30.3 Å². The summed E-state index contributed by atoms with van der Waals surface area (Å²) in [6.45, 7) is 0. The molecule has 0 aliphatic heterocycles. The van der Waals surface area contributed by atoms with Crippen LogP contribution in [0.5, 0.6) is 0 Å². The van der Waals surface area contributed by atoms with Crippen molar-refractivity contribution in [2.75, 3.05) is 0 Å². The van der Waals surface area contributed by atoms with E-state index in [0.29, 0.717) is 0 Å². The molecule has 0 aromatic heterocycles. The van der Waals surface area contributed by atoms with Crippen molar-refractivity contribution in [2.24, 2.45) is 0 Å². The van der Waals surface area contributed by atoms with Gasteiger partial charge in [-0.2, -0.15) is 13.2 Å². The Hall–Kier alpha value is -1.65. The highest BCUT2D eigenvalue weighted by molar-refractivity contribution is 6.43. The van der Waals surface area contributed by atoms with Crippen LogP contribution in [0, 0.1) is 0 Å². The highest BCUT2D eigenvalue weighted by Crippen LogP contribution is 2.20. The molecule has 15 heavy (non-hydrogen) atoms. The average Bonchev–Trinajstić information content (AvgIpc) is 2.15. The van der Waals surface area contributed by atoms with Gasteiger partial charge in [-0.3, -0.25) is 9.59 Å². The first-order chi connectivity index (χ1) is 6.90. The Balaban J connectivity index is 2.75. The topological polar surface area (TPSA) is 34.1 Å². The number of rotatable bonds is 3. The molecule has 80 valence electrons. The van der Waals surface area contributed by atoms with E-state index in [2.05, 4.69) is 0 Å². The molecule has 0 aliphatic carbocycles. The highest BCUT2D eigenvalue weighted by Gasteiger charge is 2.34. The molecule has 0 spiro atoms. The van der Waals surface area contributed by atoms with Crippen molar-refractivity contribution in [3.05, 3.63) is 35.9 Å². The third-order valence-electron chi connectivity index (χ3n) is 1.65. The fraction of sp³-hybridized carbons (Fsp3) is 0.200. The van der Waals surface area contributed by atoms with Gasteiger partial charge in [0.15, 0.2) is 0 Å². The molecule has 0 heterocycles. The molecule has 0 aliphatic rings. The third-order valence-corrected chi connectivity index (χ3v) is 1.65. The number of ketones is 2. The predicted molar refractivity (Wildman–Crippen MR) is 46.5 cm³/mol. The first-order valence-electron chi connectivity index (χ1n) is 4.09. The van der Waals surface area contributed by atoms with Crippen LogP contribution >= 0.6 is 0 Å². The Kier molecular flexibility index (Phi) is 3.24. The molecular weight excluding hydrogens is 209 g/mol. The van der Waals surface area contributed by atoms with Gasteiger partial charge in [0, 0.05) is 5.56 Å². The van der Waals surface area contributed by atoms with Gasteiger partial charge in [0.05, 0.1) is 0 Å². The van der Waals surface area contributed by atoms with Gasteiger partial charge >= 0.3 is 6.18 Å². The zero-order valence-corrected chi connectivity index (χ0v) is 7.54. The SMILES string of the molecule is O=C(CC(F)(F)F)C(=O)c1ccccc1. The normalized spacial score (nSPS) is 11.1. The smallest absolute Gasteiger partial charge is 0.290 e. The van der Waals surface area contributed by atoms with Crippen LogP contribution in [-0.2, 0) is 4.79 Å². The Morgan fingerprint density at radius 1 is 1.07 bits per heavy atom. The first-order valence-corrected chi connectivity index (χ1v) is 4.09. The number of benzene rings is 1. The average molecular weight is 216 g/mol. The molecule has 1 aromatic rings. The zero-order valence-electron chi connectivity index (χ0n) is 7.54. The Morgan fingerprint density at radius 3 is 2.07 bits per heavy atom. The third kappa shape index (κ3) is 3.53. The van der Waals surface area contributed by atoms with Crippen molar-refractivity contribution in [1.29, 1.82) is 0 Å². The highest BCUT2D eigenvalue weighted by atomic mass is 19.4. The molecule has 0 N–H and O–H groups in total. The van der Waals surface area contributed by atoms with Crippen LogP contribution < -0.4 is 0 Å². The summed E-state index contributed by atoms with van der Waals surface area (Å²) in [6, 6.07) is 7.17. The number of carbonyl (C=O) groups excluding carboxylic acids is 2. The van der Waals surface area contributed by atoms with Crippen molar-refractivity contribution in [3.8, 4) is 0 Å². The molecule has 1 rings (SSSR count). The largest absolute Gasteiger partial charge is 0.396 e. The van der Waals surface area contributed by atoms with E-state index < -0.39 is 24.2 Å². The van der Waals surface area contributed by atoms with E-state index >= 15 is 0 Å². The first kappa shape index (κ1) is 11.4. The maximum absolute atomic E-state index is 11.8. The summed E-state index contributed by atoms with van der Waals surface area (Å²) in [5.41, 5.74) is -0.0215. The number of halogens is 3. The van der Waals surface area contributed by atoms with E-state index in [1.165, 1.54) is 24.3 Å². The van der Waals surface area contributed by atoms with Crippen LogP contribution in [0.3, 0.4) is 0 Å². The Labute approximate surface area is 83.7 Å². The van der Waals surface area contributed by atoms with Crippen molar-refractivity contribution < 1.29 is 22.8 Å². The maximum Gasteiger partial charge on any atom is 0.396 e. The lowest BCUT2D eigenvalue weighted by molar-refractivity contribution is -0.149. The minimum atomic E-state index is -4.64. The molecule has 0 radical (unpaired) electrons. The second kappa shape index (κ2) is 4.25. The van der Waals surface area contributed by atoms with E-state index in [-0.39, 0.29) is 5.56 Å². The molecule has 2 nitrogen and oxygen atoms in total. The number of hydrogen-bond donors (Lipinski definition) is 0. The van der Waals surface area contributed by atoms with E-state index in [1.54, 1.807) is 6.07 Å². The van der Waals surface area contributed by atoms with Gasteiger partial charge < -0.3 is 0 Å². The lowest BCUT2D eigenvalue weighted by Gasteiger charge is -2.04. The van der Waals surface area contributed by atoms with Crippen LogP contribution in [-0.4, -0.2) is 17.7 Å². The standard InChI is InChI=1S/C10H7F3O2/c11-10(12,13)6-8(14)9(15)7-4-2-1-3-5-7/h1-5H,6H2. The minimum Gasteiger partial charge on any atom is -0.290 e. The molecule has 0 saturated heterocycles. The van der Waals surface area contributed by atoms with Crippen LogP contribution in [0.4, 0.5) is 13.2 Å². The molecule has 0 amide bonds. The summed E-state index contributed by atoms with van der Waals surface area (Å²) in [6.07, 6.45) is -6.34. The number of alkyl halides is 3. The van der Waals surface area contributed by atoms with E-state index in [4.69, 9.17) is 0 Å². The van der Waals surface area contributed by atoms with Gasteiger partial charge in [0.2, 0.25) is 11.6 Å². The molecule has 0 saturated carbocycles. The summed E-state index contributed by atoms with van der Waals surface area (Å²) in [5, 5.41) is 0. The summed E-state index contributed by atoms with van der Waals surface area (Å²) in [4.78, 5) is 22.1. The second-order valence-electron chi connectivity index (χ2n) is 2.91. The molecule has 0 bridgehead atoms. The molecule has 0 unspecified atom stereocenters. The molecule has 1 aromatic carbocycles. The lowest BCUT2D eigenvalue weighted by atomic mass is 10.1. The van der Waals surface area contributed by atoms with Gasteiger partial charge in [0.25, 0.3) is 0 Å². The molecule has 0 atom stereocenters. The zero-order chi connectivity index (χ0) is 11.5. The van der Waals surface area contributed by atoms with Crippen molar-refractivity contribution in [2.45, 2.75) is 12.6 Å². The summed E-state index contributed by atoms with van der Waals surface area (Å²) < 4.78 is 35.4. The van der Waals surface area contributed by atoms with Crippen LogP contribution in [0.25, 0.3) is 0 Å². The Bertz CT molecular complexity index is 368. The lowest BCUT2D eigenvalue weighted by Crippen LogP contribution is -2.22. The van der Waals surface area contributed by atoms with Crippen LogP contribution in [0.1, 0.15) is 16.8 Å². The fourth-order valence-electron chi connectivity index (χ4n) is 1.01. The fourth-order valence-corrected chi connectivity index (χ4v) is 1.01. The van der Waals surface area contributed by atoms with Gasteiger partial charge in [-0.15, -0.1) is 0 Å². The van der Waals surface area contributed by atoms with Crippen molar-refractivity contribution in [1.82, 2.24) is 0 Å². The van der Waals surface area contributed by atoms with Crippen LogP contribution in [0.2, 0.25) is 0 Å². The van der Waals surface area contributed by atoms with Gasteiger partial charge in [-0.25, -0.2) is 0 Å². The number of Topliss-reactive ketones (excluding diaryl/α,β-unsaturated/α-hetero) is 2. The monoisotopic (exact) mass is 216 g/mol. The number of hydrogen-bond acceptors (Lipinski definition) is 2. The van der Waals surface area contributed by atoms with E-state index in [0.717, 1.165) is 0 Å². The van der Waals surface area contributed by atoms with Gasteiger partial charge in [-0.05, 0) is 0 Å². The van der Waals surface area contributed by atoms with E-state index in [1.807, 2.05) is 0 Å². The second-order valence-corrected chi connectivity index (χ2v) is 2.91. The van der Waals surface area contributed by atoms with Crippen molar-refractivity contribution in [3.63, 3.8) is 0 Å². The summed E-state index contributed by atoms with van der Waals surface area (Å²) in [5.74, 6) is -2.54. The van der Waals surface area contributed by atoms with E-state index in [9.17, 15) is 22.8 Å². The molecule has 0 fully saturated rings. The van der Waals surface area contributed by atoms with Gasteiger partial charge in [-0.1, -0.05) is 30.3 Å². The maximum atomic E-state index is 11.8. The van der Waals surface area contributed by atoms with Gasteiger partial charge in [0.1, 0.15) is 6.42 Å². The minimum absolute atomic E-state index is 0.0215. The van der Waals surface area contributed by atoms with Crippen molar-refractivity contribution >= 4 is 11.6 Å².